The molecule has 184 valence electrons. The summed E-state index contributed by atoms with van der Waals surface area (Å²) in [5, 5.41) is 23.3. The molecular formula is C21H23N7O7. The molecule has 0 spiro atoms. The molecule has 14 heteroatoms. The summed E-state index contributed by atoms with van der Waals surface area (Å²) in [5.41, 5.74) is 6.38. The van der Waals surface area contributed by atoms with Crippen LogP contribution in [0.2, 0.25) is 0 Å². The van der Waals surface area contributed by atoms with Gasteiger partial charge in [-0.05, 0) is 30.7 Å². The Bertz CT molecular complexity index is 1340. The normalized spacial score (nSPS) is 11.5. The maximum Gasteiger partial charge on any atom is 0.326 e. The number of carboxylic acids is 2. The van der Waals surface area contributed by atoms with Crippen LogP contribution in [0.1, 0.15) is 36.7 Å². The molecule has 2 aromatic heterocycles. The zero-order valence-electron chi connectivity index (χ0n) is 18.1. The first kappa shape index (κ1) is 24.8. The van der Waals surface area contributed by atoms with Crippen LogP contribution in [0.15, 0.2) is 35.3 Å². The fraction of sp³-hybridized carbons (Fsp3) is 0.238. The molecule has 3 rings (SSSR count). The van der Waals surface area contributed by atoms with Gasteiger partial charge in [0.15, 0.2) is 11.2 Å². The van der Waals surface area contributed by atoms with Crippen molar-refractivity contribution in [1.29, 1.82) is 0 Å². The maximum atomic E-state index is 12.4. The number of rotatable bonds is 11. The molecule has 0 aliphatic carbocycles. The summed E-state index contributed by atoms with van der Waals surface area (Å²) in [5.74, 6) is -4.00. The monoisotopic (exact) mass is 485 g/mol. The number of Topliss-reactive ketones (excluding diaryl/α,β-unsaturated/α-hetero) is 1. The van der Waals surface area contributed by atoms with Gasteiger partial charge in [-0.2, -0.15) is 4.98 Å². The number of carbonyl (C=O) groups excluding carboxylic acids is 2. The van der Waals surface area contributed by atoms with Crippen molar-refractivity contribution in [3.05, 3.63) is 52.1 Å². The lowest BCUT2D eigenvalue weighted by Crippen LogP contribution is -2.41. The number of nitrogens with two attached hydrogens (primary N) is 1. The van der Waals surface area contributed by atoms with Crippen LogP contribution in [0.25, 0.3) is 11.2 Å². The molecule has 0 unspecified atom stereocenters. The highest BCUT2D eigenvalue weighted by atomic mass is 16.4. The topological polar surface area (TPSA) is 230 Å². The summed E-state index contributed by atoms with van der Waals surface area (Å²) in [6.45, 7) is 0.212. The summed E-state index contributed by atoms with van der Waals surface area (Å²) in [4.78, 5) is 72.3. The highest BCUT2D eigenvalue weighted by Crippen LogP contribution is 2.12. The van der Waals surface area contributed by atoms with Crippen molar-refractivity contribution in [3.8, 4) is 0 Å². The number of carbonyl (C=O) groups is 4. The number of benzene rings is 1. The fourth-order valence-electron chi connectivity index (χ4n) is 3.05. The van der Waals surface area contributed by atoms with Gasteiger partial charge in [0.1, 0.15) is 18.2 Å². The van der Waals surface area contributed by atoms with Crippen LogP contribution < -0.4 is 21.9 Å². The van der Waals surface area contributed by atoms with Gasteiger partial charge in [0.05, 0.1) is 18.4 Å². The van der Waals surface area contributed by atoms with Crippen molar-refractivity contribution in [2.45, 2.75) is 31.8 Å². The minimum absolute atomic E-state index is 0. The number of aromatic nitrogens is 4. The van der Waals surface area contributed by atoms with E-state index < -0.39 is 41.7 Å². The number of aromatic amines is 1. The minimum Gasteiger partial charge on any atom is -0.481 e. The first-order valence-corrected chi connectivity index (χ1v) is 10.2. The first-order valence-electron chi connectivity index (χ1n) is 10.2. The number of fused-ring (bicyclic) bond motifs is 1. The molecule has 0 bridgehead atoms. The number of ketones is 1. The van der Waals surface area contributed by atoms with Crippen LogP contribution in [-0.2, 0) is 20.9 Å². The van der Waals surface area contributed by atoms with E-state index in [1.807, 2.05) is 0 Å². The van der Waals surface area contributed by atoms with Crippen LogP contribution in [0.4, 0.5) is 11.6 Å². The molecule has 0 aliphatic rings. The highest BCUT2D eigenvalue weighted by Gasteiger charge is 2.22. The number of nitrogens with zero attached hydrogens (tertiary/aromatic N) is 3. The Balaban J connectivity index is 0.00000456. The maximum absolute atomic E-state index is 12.4. The summed E-state index contributed by atoms with van der Waals surface area (Å²) < 4.78 is 0. The van der Waals surface area contributed by atoms with E-state index in [1.54, 1.807) is 12.1 Å². The zero-order valence-corrected chi connectivity index (χ0v) is 18.1. The lowest BCUT2D eigenvalue weighted by molar-refractivity contribution is -0.140. The number of hydrogen-bond donors (Lipinski definition) is 6. The van der Waals surface area contributed by atoms with Gasteiger partial charge in [0, 0.05) is 19.1 Å². The van der Waals surface area contributed by atoms with Gasteiger partial charge in [0.25, 0.3) is 11.5 Å². The van der Waals surface area contributed by atoms with Gasteiger partial charge < -0.3 is 26.6 Å². The zero-order chi connectivity index (χ0) is 25.5. The van der Waals surface area contributed by atoms with Crippen LogP contribution in [0.3, 0.4) is 0 Å². The SMILES string of the molecule is Nc1nc2ncc(CNc3ccc(C(=O)N[C@@H](CCC(=O)CC(=O)O)C(=O)O)cc3)nc2c(=O)[nH]1.[HH]. The quantitative estimate of drug-likeness (QED) is 0.199. The van der Waals surface area contributed by atoms with E-state index in [-0.39, 0.29) is 43.5 Å². The van der Waals surface area contributed by atoms with Gasteiger partial charge in [-0.1, -0.05) is 0 Å². The van der Waals surface area contributed by atoms with E-state index in [4.69, 9.17) is 10.8 Å². The van der Waals surface area contributed by atoms with Gasteiger partial charge >= 0.3 is 11.9 Å². The Morgan fingerprint density at radius 2 is 1.83 bits per heavy atom. The number of hydrogen-bond acceptors (Lipinski definition) is 10. The minimum atomic E-state index is -1.35. The van der Waals surface area contributed by atoms with E-state index in [9.17, 15) is 29.1 Å². The number of carboxylic acid groups (broad SMARTS) is 2. The smallest absolute Gasteiger partial charge is 0.326 e. The van der Waals surface area contributed by atoms with Crippen LogP contribution in [0, 0.1) is 0 Å². The second kappa shape index (κ2) is 10.8. The van der Waals surface area contributed by atoms with Crippen molar-refractivity contribution < 1.29 is 30.8 Å². The van der Waals surface area contributed by atoms with Crippen LogP contribution in [0.5, 0.6) is 0 Å². The van der Waals surface area contributed by atoms with E-state index in [1.165, 1.54) is 18.3 Å². The fourth-order valence-corrected chi connectivity index (χ4v) is 3.05. The second-order valence-electron chi connectivity index (χ2n) is 7.43. The van der Waals surface area contributed by atoms with Gasteiger partial charge in [-0.25, -0.2) is 14.8 Å². The number of H-pyrrole nitrogens is 1. The van der Waals surface area contributed by atoms with E-state index in [2.05, 4.69) is 30.6 Å². The van der Waals surface area contributed by atoms with Crippen molar-refractivity contribution in [3.63, 3.8) is 0 Å². The summed E-state index contributed by atoms with van der Waals surface area (Å²) in [7, 11) is 0. The standard InChI is InChI=1S/C21H21N7O7.H2/c22-21-27-17-16(19(33)28-21)25-12(9-24-17)8-23-11-3-1-10(2-4-11)18(32)26-14(20(34)35)6-5-13(29)7-15(30)31;/h1-4,9,14,23H,5-8H2,(H,26,32)(H,30,31)(H,34,35)(H3,22,24,27,28,33);1H/t14-;/m0./s1. The predicted octanol–water partition coefficient (Wildman–Crippen LogP) is 0.160. The van der Waals surface area contributed by atoms with E-state index >= 15 is 0 Å². The Kier molecular flexibility index (Phi) is 7.66. The summed E-state index contributed by atoms with van der Waals surface area (Å²) in [6, 6.07) is 4.76. The largest absolute Gasteiger partial charge is 0.481 e. The van der Waals surface area contributed by atoms with Crippen LogP contribution >= 0.6 is 0 Å². The Morgan fingerprint density at radius 3 is 2.49 bits per heavy atom. The van der Waals surface area contributed by atoms with Crippen molar-refractivity contribution >= 4 is 46.4 Å². The average Bonchev–Trinajstić information content (AvgIpc) is 2.80. The molecule has 1 amide bonds. The van der Waals surface area contributed by atoms with E-state index in [0.29, 0.717) is 11.4 Å². The van der Waals surface area contributed by atoms with Gasteiger partial charge in [-0.3, -0.25) is 24.2 Å². The highest BCUT2D eigenvalue weighted by molar-refractivity contribution is 5.97. The molecule has 0 saturated carbocycles. The molecule has 14 nitrogen and oxygen atoms in total. The third kappa shape index (κ3) is 6.80. The molecule has 35 heavy (non-hydrogen) atoms. The van der Waals surface area contributed by atoms with Crippen molar-refractivity contribution in [1.82, 2.24) is 25.3 Å². The Morgan fingerprint density at radius 1 is 1.11 bits per heavy atom. The number of anilines is 2. The van der Waals surface area contributed by atoms with Gasteiger partial charge in [0.2, 0.25) is 5.95 Å². The second-order valence-corrected chi connectivity index (χ2v) is 7.43. The number of nitrogen functional groups attached to an aromatic ring is 1. The Labute approximate surface area is 198 Å². The molecule has 7 N–H and O–H groups in total. The molecule has 0 fully saturated rings. The van der Waals surface area contributed by atoms with Crippen LogP contribution in [-0.4, -0.2) is 59.8 Å². The number of aliphatic carboxylic acids is 2. The summed E-state index contributed by atoms with van der Waals surface area (Å²) in [6.07, 6.45) is 0.210. The lowest BCUT2D eigenvalue weighted by Gasteiger charge is -2.14. The molecule has 2 heterocycles. The Hall–Kier alpha value is -4.88. The number of nitrogens with one attached hydrogen (secondary N) is 3. The summed E-state index contributed by atoms with van der Waals surface area (Å²) >= 11 is 0. The third-order valence-corrected chi connectivity index (χ3v) is 4.77. The van der Waals surface area contributed by atoms with Gasteiger partial charge in [-0.15, -0.1) is 0 Å². The first-order chi connectivity index (χ1) is 16.6. The van der Waals surface area contributed by atoms with Crippen molar-refractivity contribution in [2.24, 2.45) is 0 Å². The average molecular weight is 485 g/mol. The molecule has 0 radical (unpaired) electrons. The third-order valence-electron chi connectivity index (χ3n) is 4.77. The number of amides is 1. The molecule has 0 saturated heterocycles. The molecular weight excluding hydrogens is 462 g/mol. The van der Waals surface area contributed by atoms with Crippen molar-refractivity contribution in [2.75, 3.05) is 11.1 Å². The molecule has 0 aliphatic heterocycles. The predicted molar refractivity (Wildman–Crippen MR) is 124 cm³/mol. The molecule has 3 aromatic rings. The lowest BCUT2D eigenvalue weighted by atomic mass is 10.1. The molecule has 1 atom stereocenters. The van der Waals surface area contributed by atoms with E-state index in [0.717, 1.165) is 0 Å². The molecule has 1 aromatic carbocycles.